The van der Waals surface area contributed by atoms with Gasteiger partial charge in [-0.2, -0.15) is 0 Å². The minimum atomic E-state index is 0.300. The van der Waals surface area contributed by atoms with Crippen molar-refractivity contribution in [3.63, 3.8) is 0 Å². The fraction of sp³-hybridized carbons (Fsp3) is 0.294. The predicted molar refractivity (Wildman–Crippen MR) is 92.9 cm³/mol. The Morgan fingerprint density at radius 2 is 1.80 bits per heavy atom. The zero-order chi connectivity index (χ0) is 14.5. The summed E-state index contributed by atoms with van der Waals surface area (Å²) in [5.41, 5.74) is 2.61. The number of rotatable bonds is 5. The molecule has 1 unspecified atom stereocenters. The molecule has 0 bridgehead atoms. The fourth-order valence-corrected chi connectivity index (χ4v) is 3.44. The summed E-state index contributed by atoms with van der Waals surface area (Å²) in [5.74, 6) is 0. The van der Waals surface area contributed by atoms with E-state index in [4.69, 9.17) is 0 Å². The monoisotopic (exact) mass is 395 g/mol. The van der Waals surface area contributed by atoms with E-state index in [0.29, 0.717) is 12.1 Å². The van der Waals surface area contributed by atoms with Crippen LogP contribution in [0.15, 0.2) is 57.5 Å². The molecule has 3 heteroatoms. The fourth-order valence-electron chi connectivity index (χ4n) is 2.39. The quantitative estimate of drug-likeness (QED) is 0.651. The van der Waals surface area contributed by atoms with Gasteiger partial charge in [0.15, 0.2) is 0 Å². The van der Waals surface area contributed by atoms with Gasteiger partial charge in [0.1, 0.15) is 0 Å². The summed E-state index contributed by atoms with van der Waals surface area (Å²) in [4.78, 5) is 0. The molecule has 2 aromatic carbocycles. The minimum Gasteiger partial charge on any atom is -0.303 e. The molecule has 0 radical (unpaired) electrons. The minimum absolute atomic E-state index is 0.300. The van der Waals surface area contributed by atoms with E-state index in [0.717, 1.165) is 15.4 Å². The molecule has 2 atom stereocenters. The van der Waals surface area contributed by atoms with E-state index in [9.17, 15) is 0 Å². The lowest BCUT2D eigenvalue weighted by Crippen LogP contribution is -2.24. The Balaban J connectivity index is 2.16. The Kier molecular flexibility index (Phi) is 5.82. The van der Waals surface area contributed by atoms with Crippen LogP contribution in [0.2, 0.25) is 0 Å². The molecule has 1 nitrogen and oxygen atoms in total. The largest absolute Gasteiger partial charge is 0.303 e. The molecule has 0 spiro atoms. The highest BCUT2D eigenvalue weighted by atomic mass is 79.9. The van der Waals surface area contributed by atoms with Gasteiger partial charge in [-0.05, 0) is 42.7 Å². The van der Waals surface area contributed by atoms with Gasteiger partial charge in [0.25, 0.3) is 0 Å². The third-order valence-electron chi connectivity index (χ3n) is 3.48. The highest BCUT2D eigenvalue weighted by Gasteiger charge is 2.15. The zero-order valence-electron chi connectivity index (χ0n) is 11.7. The maximum Gasteiger partial charge on any atom is 0.0323 e. The molecule has 1 N–H and O–H groups in total. The number of benzene rings is 2. The molecule has 0 fully saturated rings. The normalized spacial score (nSPS) is 14.0. The van der Waals surface area contributed by atoms with Gasteiger partial charge in [-0.3, -0.25) is 0 Å². The molecule has 0 saturated carbocycles. The van der Waals surface area contributed by atoms with Crippen molar-refractivity contribution in [1.29, 1.82) is 0 Å². The molecular weight excluding hydrogens is 378 g/mol. The van der Waals surface area contributed by atoms with Crippen LogP contribution in [0.3, 0.4) is 0 Å². The van der Waals surface area contributed by atoms with Crippen LogP contribution in [0.1, 0.15) is 43.5 Å². The molecule has 20 heavy (non-hydrogen) atoms. The lowest BCUT2D eigenvalue weighted by atomic mass is 10.0. The molecule has 106 valence electrons. The number of nitrogens with one attached hydrogen (secondary N) is 1. The molecule has 0 aliphatic heterocycles. The van der Waals surface area contributed by atoms with Crippen molar-refractivity contribution in [3.05, 3.63) is 68.6 Å². The lowest BCUT2D eigenvalue weighted by molar-refractivity contribution is 0.455. The van der Waals surface area contributed by atoms with Crippen LogP contribution >= 0.6 is 31.9 Å². The average molecular weight is 397 g/mol. The highest BCUT2D eigenvalue weighted by molar-refractivity contribution is 9.10. The van der Waals surface area contributed by atoms with E-state index in [-0.39, 0.29) is 0 Å². The maximum absolute atomic E-state index is 3.72. The molecule has 0 aliphatic carbocycles. The first-order chi connectivity index (χ1) is 9.61. The first kappa shape index (κ1) is 15.7. The van der Waals surface area contributed by atoms with Gasteiger partial charge in [-0.25, -0.2) is 0 Å². The Hall–Kier alpha value is -0.640. The highest BCUT2D eigenvalue weighted by Crippen LogP contribution is 2.27. The Bertz CT molecular complexity index is 568. The second-order valence-electron chi connectivity index (χ2n) is 4.93. The van der Waals surface area contributed by atoms with E-state index in [1.807, 2.05) is 6.07 Å². The summed E-state index contributed by atoms with van der Waals surface area (Å²) in [6.45, 7) is 4.42. The zero-order valence-corrected chi connectivity index (χ0v) is 14.9. The van der Waals surface area contributed by atoms with Gasteiger partial charge in [-0.1, -0.05) is 69.1 Å². The number of hydrogen-bond acceptors (Lipinski definition) is 1. The van der Waals surface area contributed by atoms with Crippen molar-refractivity contribution in [2.24, 2.45) is 0 Å². The summed E-state index contributed by atoms with van der Waals surface area (Å²) in [7, 11) is 0. The van der Waals surface area contributed by atoms with Gasteiger partial charge in [0.2, 0.25) is 0 Å². The van der Waals surface area contributed by atoms with Crippen LogP contribution in [0.5, 0.6) is 0 Å². The van der Waals surface area contributed by atoms with Crippen molar-refractivity contribution in [2.45, 2.75) is 32.4 Å². The molecule has 0 aromatic heterocycles. The van der Waals surface area contributed by atoms with E-state index < -0.39 is 0 Å². The Labute approximate surface area is 138 Å². The van der Waals surface area contributed by atoms with Gasteiger partial charge < -0.3 is 5.32 Å². The van der Waals surface area contributed by atoms with Crippen molar-refractivity contribution in [3.8, 4) is 0 Å². The third-order valence-corrected chi connectivity index (χ3v) is 4.70. The molecule has 0 heterocycles. The van der Waals surface area contributed by atoms with Gasteiger partial charge in [-0.15, -0.1) is 0 Å². The lowest BCUT2D eigenvalue weighted by Gasteiger charge is -2.24. The topological polar surface area (TPSA) is 12.0 Å². The SMILES string of the molecule is CCC(N[C@@H](C)c1ccccc1Br)c1cccc(Br)c1. The van der Waals surface area contributed by atoms with Gasteiger partial charge >= 0.3 is 0 Å². The van der Waals surface area contributed by atoms with Crippen molar-refractivity contribution >= 4 is 31.9 Å². The van der Waals surface area contributed by atoms with E-state index >= 15 is 0 Å². The molecule has 2 rings (SSSR count). The summed E-state index contributed by atoms with van der Waals surface area (Å²) in [6.07, 6.45) is 1.06. The van der Waals surface area contributed by atoms with Gasteiger partial charge in [0, 0.05) is 21.0 Å². The van der Waals surface area contributed by atoms with Crippen LogP contribution in [0.25, 0.3) is 0 Å². The standard InChI is InChI=1S/C17H19Br2N/c1-3-17(13-7-6-8-14(18)11-13)20-12(2)15-9-4-5-10-16(15)19/h4-12,17,20H,3H2,1-2H3/t12-,17?/m0/s1. The summed E-state index contributed by atoms with van der Waals surface area (Å²) >= 11 is 7.18. The van der Waals surface area contributed by atoms with E-state index in [2.05, 4.69) is 93.5 Å². The summed E-state index contributed by atoms with van der Waals surface area (Å²) in [6, 6.07) is 17.6. The smallest absolute Gasteiger partial charge is 0.0323 e. The van der Waals surface area contributed by atoms with Crippen molar-refractivity contribution in [2.75, 3.05) is 0 Å². The molecular formula is C17H19Br2N. The van der Waals surface area contributed by atoms with Crippen LogP contribution in [0.4, 0.5) is 0 Å². The first-order valence-corrected chi connectivity index (χ1v) is 8.46. The summed E-state index contributed by atoms with van der Waals surface area (Å²) in [5, 5.41) is 3.72. The summed E-state index contributed by atoms with van der Waals surface area (Å²) < 4.78 is 2.29. The Morgan fingerprint density at radius 1 is 1.05 bits per heavy atom. The second-order valence-corrected chi connectivity index (χ2v) is 6.70. The average Bonchev–Trinajstić information content (AvgIpc) is 2.45. The Morgan fingerprint density at radius 3 is 2.45 bits per heavy atom. The number of hydrogen-bond donors (Lipinski definition) is 1. The van der Waals surface area contributed by atoms with Crippen molar-refractivity contribution < 1.29 is 0 Å². The molecule has 0 amide bonds. The molecule has 2 aromatic rings. The van der Waals surface area contributed by atoms with Crippen LogP contribution in [-0.4, -0.2) is 0 Å². The first-order valence-electron chi connectivity index (χ1n) is 6.87. The third kappa shape index (κ3) is 3.94. The second kappa shape index (κ2) is 7.39. The molecule has 0 saturated heterocycles. The molecule has 0 aliphatic rings. The van der Waals surface area contributed by atoms with E-state index in [1.54, 1.807) is 0 Å². The van der Waals surface area contributed by atoms with E-state index in [1.165, 1.54) is 11.1 Å². The van der Waals surface area contributed by atoms with Crippen LogP contribution in [-0.2, 0) is 0 Å². The van der Waals surface area contributed by atoms with Crippen LogP contribution < -0.4 is 5.32 Å². The van der Waals surface area contributed by atoms with Gasteiger partial charge in [0.05, 0.1) is 0 Å². The van der Waals surface area contributed by atoms with Crippen LogP contribution in [0, 0.1) is 0 Å². The maximum atomic E-state index is 3.72. The predicted octanol–water partition coefficient (Wildman–Crippen LogP) is 6.01. The number of halogens is 2. The van der Waals surface area contributed by atoms with Crippen molar-refractivity contribution in [1.82, 2.24) is 5.32 Å².